The van der Waals surface area contributed by atoms with Crippen molar-refractivity contribution in [3.05, 3.63) is 23.1 Å². The van der Waals surface area contributed by atoms with Gasteiger partial charge in [-0.2, -0.15) is 0 Å². The molecule has 0 radical (unpaired) electrons. The molecule has 0 unspecified atom stereocenters. The molecule has 0 saturated carbocycles. The first-order chi connectivity index (χ1) is 5.27. The normalized spacial score (nSPS) is 9.27. The Morgan fingerprint density at radius 2 is 2.45 bits per heavy atom. The lowest BCUT2D eigenvalue weighted by molar-refractivity contribution is 0.393. The van der Waals surface area contributed by atoms with Crippen LogP contribution in [0.3, 0.4) is 0 Å². The molecule has 0 saturated heterocycles. The molecular formula is C7H7BrN2O. The number of hydrogen-bond acceptors (Lipinski definition) is 3. The predicted molar refractivity (Wildman–Crippen MR) is 46.4 cm³/mol. The van der Waals surface area contributed by atoms with Crippen LogP contribution < -0.4 is 4.74 Å². The van der Waals surface area contributed by atoms with E-state index < -0.39 is 0 Å². The number of ether oxygens (including phenoxy) is 1. The molecule has 4 heteroatoms. The molecule has 0 fully saturated rings. The number of rotatable bonds is 2. The maximum absolute atomic E-state index is 4.94. The van der Waals surface area contributed by atoms with E-state index in [0.29, 0.717) is 16.2 Å². The van der Waals surface area contributed by atoms with E-state index in [2.05, 4.69) is 32.5 Å². The molecule has 1 rings (SSSR count). The Morgan fingerprint density at radius 3 is 3.00 bits per heavy atom. The highest BCUT2D eigenvalue weighted by Gasteiger charge is 2.01. The van der Waals surface area contributed by atoms with Gasteiger partial charge in [-0.15, -0.1) is 0 Å². The molecule has 0 aromatic carbocycles. The average molecular weight is 215 g/mol. The van der Waals surface area contributed by atoms with Crippen LogP contribution in [0.15, 0.2) is 17.4 Å². The Balaban J connectivity index is 3.16. The van der Waals surface area contributed by atoms with E-state index in [0.717, 1.165) is 0 Å². The second-order valence-electron chi connectivity index (χ2n) is 1.79. The first kappa shape index (κ1) is 8.20. The number of nitrogens with zero attached hydrogens (tertiary/aromatic N) is 2. The topological polar surface area (TPSA) is 35.0 Å². The number of halogens is 1. The molecule has 11 heavy (non-hydrogen) atoms. The van der Waals surface area contributed by atoms with Crippen LogP contribution in [0, 0.1) is 0 Å². The van der Waals surface area contributed by atoms with Crippen molar-refractivity contribution in [3.63, 3.8) is 0 Å². The van der Waals surface area contributed by atoms with Crippen LogP contribution in [0.4, 0.5) is 0 Å². The zero-order valence-electron chi connectivity index (χ0n) is 6.04. The molecule has 0 atom stereocenters. The zero-order valence-corrected chi connectivity index (χ0v) is 7.63. The van der Waals surface area contributed by atoms with E-state index >= 15 is 0 Å². The van der Waals surface area contributed by atoms with E-state index in [1.165, 1.54) is 0 Å². The van der Waals surface area contributed by atoms with E-state index in [1.807, 2.05) is 0 Å². The van der Waals surface area contributed by atoms with Gasteiger partial charge in [0.25, 0.3) is 0 Å². The van der Waals surface area contributed by atoms with Crippen LogP contribution in [0.2, 0.25) is 0 Å². The van der Waals surface area contributed by atoms with Gasteiger partial charge in [-0.05, 0) is 22.0 Å². The molecular weight excluding hydrogens is 208 g/mol. The molecule has 1 aromatic heterocycles. The van der Waals surface area contributed by atoms with Gasteiger partial charge in [0.1, 0.15) is 10.3 Å². The van der Waals surface area contributed by atoms with Crippen molar-refractivity contribution in [1.82, 2.24) is 9.97 Å². The van der Waals surface area contributed by atoms with Crippen molar-refractivity contribution in [2.75, 3.05) is 7.11 Å². The maximum atomic E-state index is 4.94. The van der Waals surface area contributed by atoms with Crippen LogP contribution in [0.5, 0.6) is 5.88 Å². The summed E-state index contributed by atoms with van der Waals surface area (Å²) in [5, 5.41) is 0. The molecule has 1 heterocycles. The van der Waals surface area contributed by atoms with Gasteiger partial charge in [0, 0.05) is 0 Å². The molecule has 3 nitrogen and oxygen atoms in total. The van der Waals surface area contributed by atoms with Gasteiger partial charge in [0.2, 0.25) is 5.88 Å². The summed E-state index contributed by atoms with van der Waals surface area (Å²) in [4.78, 5) is 8.04. The third-order valence-electron chi connectivity index (χ3n) is 1.12. The fraction of sp³-hybridized carbons (Fsp3) is 0.143. The number of aromatic nitrogens is 2. The second kappa shape index (κ2) is 3.48. The quantitative estimate of drug-likeness (QED) is 0.755. The maximum Gasteiger partial charge on any atom is 0.240 e. The van der Waals surface area contributed by atoms with E-state index in [9.17, 15) is 0 Å². The van der Waals surface area contributed by atoms with Crippen LogP contribution in [-0.2, 0) is 0 Å². The minimum Gasteiger partial charge on any atom is -0.479 e. The molecule has 0 N–H and O–H groups in total. The zero-order chi connectivity index (χ0) is 8.27. The molecule has 0 aliphatic heterocycles. The summed E-state index contributed by atoms with van der Waals surface area (Å²) in [5.41, 5.74) is 0.649. The summed E-state index contributed by atoms with van der Waals surface area (Å²) in [6.45, 7) is 3.57. The third-order valence-corrected chi connectivity index (χ3v) is 1.51. The highest BCUT2D eigenvalue weighted by Crippen LogP contribution is 2.16. The minimum absolute atomic E-state index is 0.481. The second-order valence-corrected chi connectivity index (χ2v) is 2.60. The lowest BCUT2D eigenvalue weighted by Crippen LogP contribution is -1.93. The van der Waals surface area contributed by atoms with Crippen molar-refractivity contribution in [3.8, 4) is 5.88 Å². The first-order valence-electron chi connectivity index (χ1n) is 2.97. The van der Waals surface area contributed by atoms with Crippen molar-refractivity contribution in [2.24, 2.45) is 0 Å². The van der Waals surface area contributed by atoms with Crippen molar-refractivity contribution < 1.29 is 4.74 Å². The standard InChI is InChI=1S/C7H7BrN2O/c1-3-5-7(11-2)10-6(8)4-9-5/h3-4H,1H2,2H3. The highest BCUT2D eigenvalue weighted by atomic mass is 79.9. The van der Waals surface area contributed by atoms with Gasteiger partial charge in [0.05, 0.1) is 13.3 Å². The Morgan fingerprint density at radius 1 is 1.73 bits per heavy atom. The average Bonchev–Trinajstić information content (AvgIpc) is 2.04. The molecule has 0 spiro atoms. The minimum atomic E-state index is 0.481. The van der Waals surface area contributed by atoms with E-state index in [4.69, 9.17) is 4.74 Å². The van der Waals surface area contributed by atoms with Gasteiger partial charge in [0.15, 0.2) is 0 Å². The van der Waals surface area contributed by atoms with E-state index in [1.54, 1.807) is 19.4 Å². The predicted octanol–water partition coefficient (Wildman–Crippen LogP) is 1.89. The summed E-state index contributed by atoms with van der Waals surface area (Å²) in [5.74, 6) is 0.481. The molecule has 0 aliphatic rings. The summed E-state index contributed by atoms with van der Waals surface area (Å²) < 4.78 is 5.59. The monoisotopic (exact) mass is 214 g/mol. The Hall–Kier alpha value is -0.900. The Bertz CT molecular complexity index is 275. The molecule has 0 bridgehead atoms. The van der Waals surface area contributed by atoms with Gasteiger partial charge >= 0.3 is 0 Å². The fourth-order valence-corrected chi connectivity index (χ4v) is 0.915. The van der Waals surface area contributed by atoms with Crippen LogP contribution in [-0.4, -0.2) is 17.1 Å². The van der Waals surface area contributed by atoms with Gasteiger partial charge in [-0.25, -0.2) is 9.97 Å². The largest absolute Gasteiger partial charge is 0.479 e. The fourth-order valence-electron chi connectivity index (χ4n) is 0.651. The van der Waals surface area contributed by atoms with Crippen LogP contribution in [0.1, 0.15) is 5.69 Å². The van der Waals surface area contributed by atoms with Gasteiger partial charge in [-0.3, -0.25) is 0 Å². The van der Waals surface area contributed by atoms with Gasteiger partial charge < -0.3 is 4.74 Å². The van der Waals surface area contributed by atoms with E-state index in [-0.39, 0.29) is 0 Å². The Labute approximate surface area is 73.3 Å². The Kier molecular flexibility index (Phi) is 2.59. The third kappa shape index (κ3) is 1.77. The van der Waals surface area contributed by atoms with Crippen LogP contribution in [0.25, 0.3) is 6.08 Å². The van der Waals surface area contributed by atoms with Gasteiger partial charge in [-0.1, -0.05) is 6.58 Å². The molecule has 1 aromatic rings. The molecule has 0 amide bonds. The lowest BCUT2D eigenvalue weighted by atomic mass is 10.4. The summed E-state index contributed by atoms with van der Waals surface area (Å²) in [7, 11) is 1.55. The summed E-state index contributed by atoms with van der Waals surface area (Å²) in [6, 6.07) is 0. The first-order valence-corrected chi connectivity index (χ1v) is 3.76. The lowest BCUT2D eigenvalue weighted by Gasteiger charge is -2.01. The number of hydrogen-bond donors (Lipinski definition) is 0. The van der Waals surface area contributed by atoms with Crippen molar-refractivity contribution in [2.45, 2.75) is 0 Å². The smallest absolute Gasteiger partial charge is 0.240 e. The summed E-state index contributed by atoms with van der Waals surface area (Å²) in [6.07, 6.45) is 3.19. The van der Waals surface area contributed by atoms with Crippen molar-refractivity contribution in [1.29, 1.82) is 0 Å². The van der Waals surface area contributed by atoms with Crippen LogP contribution >= 0.6 is 15.9 Å². The molecule has 58 valence electrons. The molecule has 0 aliphatic carbocycles. The SMILES string of the molecule is C=Cc1ncc(Br)nc1OC. The summed E-state index contributed by atoms with van der Waals surface area (Å²) >= 11 is 3.18. The number of methoxy groups -OCH3 is 1. The highest BCUT2D eigenvalue weighted by molar-refractivity contribution is 9.10. The van der Waals surface area contributed by atoms with Crippen molar-refractivity contribution >= 4 is 22.0 Å².